The summed E-state index contributed by atoms with van der Waals surface area (Å²) in [6.45, 7) is 8.23. The van der Waals surface area contributed by atoms with Crippen LogP contribution in [0.3, 0.4) is 0 Å². The summed E-state index contributed by atoms with van der Waals surface area (Å²) in [7, 11) is 0. The summed E-state index contributed by atoms with van der Waals surface area (Å²) >= 11 is 0. The van der Waals surface area contributed by atoms with Crippen LogP contribution < -0.4 is 11.1 Å². The van der Waals surface area contributed by atoms with E-state index in [2.05, 4.69) is 17.2 Å². The molecule has 1 atom stereocenters. The first-order valence-electron chi connectivity index (χ1n) is 4.80. The zero-order valence-electron chi connectivity index (χ0n) is 9.48. The second kappa shape index (κ2) is 5.66. The van der Waals surface area contributed by atoms with Crippen molar-refractivity contribution in [3.63, 3.8) is 0 Å². The van der Waals surface area contributed by atoms with Crippen molar-refractivity contribution in [1.29, 1.82) is 0 Å². The Morgan fingerprint density at radius 2 is 2.07 bits per heavy atom. The van der Waals surface area contributed by atoms with Gasteiger partial charge in [0.15, 0.2) is 0 Å². The normalized spacial score (nSPS) is 12.6. The first kappa shape index (κ1) is 13.0. The maximum absolute atomic E-state index is 11.3. The van der Waals surface area contributed by atoms with Gasteiger partial charge in [-0.1, -0.05) is 26.7 Å². The van der Waals surface area contributed by atoms with Crippen LogP contribution >= 0.6 is 0 Å². The topological polar surface area (TPSA) is 55.1 Å². The Morgan fingerprint density at radius 3 is 2.50 bits per heavy atom. The van der Waals surface area contributed by atoms with Crippen LogP contribution in [0.5, 0.6) is 0 Å². The Balaban J connectivity index is 3.87. The van der Waals surface area contributed by atoms with Crippen LogP contribution in [0.1, 0.15) is 34.1 Å². The minimum Gasteiger partial charge on any atom is -0.345 e. The number of rotatable bonds is 3. The van der Waals surface area contributed by atoms with Gasteiger partial charge in [0, 0.05) is 12.5 Å². The van der Waals surface area contributed by atoms with Crippen molar-refractivity contribution in [3.05, 3.63) is 0 Å². The number of carbonyl (C=O) groups excluding carboxylic acids is 1. The standard InChI is InChI=1S/C11H20N2O/c1-5-6-7-13-10(14)8-9(12)11(2,3)4/h9H,7-8,12H2,1-4H3,(H,13,14). The Bertz CT molecular complexity index is 242. The molecule has 0 fully saturated rings. The van der Waals surface area contributed by atoms with Crippen molar-refractivity contribution < 1.29 is 4.79 Å². The van der Waals surface area contributed by atoms with Gasteiger partial charge in [0.25, 0.3) is 0 Å². The van der Waals surface area contributed by atoms with E-state index in [0.29, 0.717) is 13.0 Å². The van der Waals surface area contributed by atoms with Crippen molar-refractivity contribution >= 4 is 5.91 Å². The van der Waals surface area contributed by atoms with Gasteiger partial charge in [0.05, 0.1) is 6.54 Å². The lowest BCUT2D eigenvalue weighted by atomic mass is 9.85. The predicted molar refractivity (Wildman–Crippen MR) is 58.5 cm³/mol. The summed E-state index contributed by atoms with van der Waals surface area (Å²) < 4.78 is 0. The molecule has 0 heterocycles. The van der Waals surface area contributed by atoms with E-state index >= 15 is 0 Å². The number of hydrogen-bond acceptors (Lipinski definition) is 2. The molecule has 3 N–H and O–H groups in total. The fourth-order valence-corrected chi connectivity index (χ4v) is 0.809. The third-order valence-corrected chi connectivity index (χ3v) is 2.07. The number of nitrogens with one attached hydrogen (secondary N) is 1. The number of amides is 1. The number of nitrogens with two attached hydrogens (primary N) is 1. The van der Waals surface area contributed by atoms with Crippen molar-refractivity contribution in [1.82, 2.24) is 5.32 Å². The zero-order valence-corrected chi connectivity index (χ0v) is 9.48. The summed E-state index contributed by atoms with van der Waals surface area (Å²) in [6.07, 6.45) is 0.356. The molecule has 80 valence electrons. The van der Waals surface area contributed by atoms with Crippen molar-refractivity contribution in [2.45, 2.75) is 40.2 Å². The molecule has 0 saturated heterocycles. The SMILES string of the molecule is CC#CCNC(=O)CC(N)C(C)(C)C. The first-order valence-corrected chi connectivity index (χ1v) is 4.80. The Labute approximate surface area is 86.4 Å². The van der Waals surface area contributed by atoms with E-state index in [1.165, 1.54) is 0 Å². The van der Waals surface area contributed by atoms with E-state index in [4.69, 9.17) is 5.73 Å². The van der Waals surface area contributed by atoms with Gasteiger partial charge in [-0.15, -0.1) is 5.92 Å². The van der Waals surface area contributed by atoms with Gasteiger partial charge in [0.2, 0.25) is 5.91 Å². The van der Waals surface area contributed by atoms with E-state index in [0.717, 1.165) is 0 Å². The van der Waals surface area contributed by atoms with Gasteiger partial charge in [-0.25, -0.2) is 0 Å². The molecule has 0 aromatic carbocycles. The van der Waals surface area contributed by atoms with Crippen LogP contribution in [-0.4, -0.2) is 18.5 Å². The fraction of sp³-hybridized carbons (Fsp3) is 0.727. The summed E-state index contributed by atoms with van der Waals surface area (Å²) in [5.74, 6) is 5.45. The lowest BCUT2D eigenvalue weighted by molar-refractivity contribution is -0.121. The molecule has 0 radical (unpaired) electrons. The quantitative estimate of drug-likeness (QED) is 0.659. The Hall–Kier alpha value is -1.01. The molecule has 0 aromatic rings. The van der Waals surface area contributed by atoms with E-state index in [1.54, 1.807) is 6.92 Å². The highest BCUT2D eigenvalue weighted by Crippen LogP contribution is 2.19. The van der Waals surface area contributed by atoms with E-state index in [-0.39, 0.29) is 17.4 Å². The molecule has 0 spiro atoms. The average Bonchev–Trinajstić information content (AvgIpc) is 2.03. The molecule has 0 aliphatic carbocycles. The van der Waals surface area contributed by atoms with Gasteiger partial charge >= 0.3 is 0 Å². The zero-order chi connectivity index (χ0) is 11.2. The largest absolute Gasteiger partial charge is 0.345 e. The maximum Gasteiger partial charge on any atom is 0.222 e. The minimum atomic E-state index is -0.114. The van der Waals surface area contributed by atoms with E-state index in [1.807, 2.05) is 20.8 Å². The van der Waals surface area contributed by atoms with Crippen molar-refractivity contribution in [2.75, 3.05) is 6.54 Å². The van der Waals surface area contributed by atoms with Crippen LogP contribution in [-0.2, 0) is 4.79 Å². The minimum absolute atomic E-state index is 0.0322. The molecule has 0 aliphatic rings. The highest BCUT2D eigenvalue weighted by Gasteiger charge is 2.22. The van der Waals surface area contributed by atoms with Crippen LogP contribution in [0.25, 0.3) is 0 Å². The first-order chi connectivity index (χ1) is 6.38. The summed E-state index contributed by atoms with van der Waals surface area (Å²) in [6, 6.07) is -0.114. The molecule has 1 amide bonds. The molecule has 0 saturated carbocycles. The average molecular weight is 196 g/mol. The van der Waals surface area contributed by atoms with Crippen molar-refractivity contribution in [3.8, 4) is 11.8 Å². The third-order valence-electron chi connectivity index (χ3n) is 2.07. The maximum atomic E-state index is 11.3. The molecule has 0 rings (SSSR count). The molecular weight excluding hydrogens is 176 g/mol. The van der Waals surface area contributed by atoms with Crippen LogP contribution in [0, 0.1) is 17.3 Å². The van der Waals surface area contributed by atoms with Crippen LogP contribution in [0.15, 0.2) is 0 Å². The highest BCUT2D eigenvalue weighted by atomic mass is 16.1. The second-order valence-corrected chi connectivity index (χ2v) is 4.38. The fourth-order valence-electron chi connectivity index (χ4n) is 0.809. The lowest BCUT2D eigenvalue weighted by Crippen LogP contribution is -2.40. The van der Waals surface area contributed by atoms with Gasteiger partial charge < -0.3 is 11.1 Å². The molecule has 0 bridgehead atoms. The molecule has 3 heteroatoms. The smallest absolute Gasteiger partial charge is 0.222 e. The lowest BCUT2D eigenvalue weighted by Gasteiger charge is -2.26. The molecule has 0 aliphatic heterocycles. The third kappa shape index (κ3) is 5.60. The number of hydrogen-bond donors (Lipinski definition) is 2. The molecular formula is C11H20N2O. The summed E-state index contributed by atoms with van der Waals surface area (Å²) in [5.41, 5.74) is 5.83. The Kier molecular flexibility index (Phi) is 5.26. The van der Waals surface area contributed by atoms with Crippen molar-refractivity contribution in [2.24, 2.45) is 11.1 Å². The van der Waals surface area contributed by atoms with Crippen LogP contribution in [0.4, 0.5) is 0 Å². The number of carbonyl (C=O) groups is 1. The highest BCUT2D eigenvalue weighted by molar-refractivity contribution is 5.76. The van der Waals surface area contributed by atoms with Gasteiger partial charge in [0.1, 0.15) is 0 Å². The summed E-state index contributed by atoms with van der Waals surface area (Å²) in [4.78, 5) is 11.3. The summed E-state index contributed by atoms with van der Waals surface area (Å²) in [5, 5.41) is 2.69. The predicted octanol–water partition coefficient (Wildman–Crippen LogP) is 0.889. The molecule has 14 heavy (non-hydrogen) atoms. The second-order valence-electron chi connectivity index (χ2n) is 4.38. The van der Waals surface area contributed by atoms with E-state index < -0.39 is 0 Å². The Morgan fingerprint density at radius 1 is 1.50 bits per heavy atom. The van der Waals surface area contributed by atoms with Crippen LogP contribution in [0.2, 0.25) is 0 Å². The molecule has 1 unspecified atom stereocenters. The van der Waals surface area contributed by atoms with Gasteiger partial charge in [-0.3, -0.25) is 4.79 Å². The monoisotopic (exact) mass is 196 g/mol. The van der Waals surface area contributed by atoms with Gasteiger partial charge in [-0.05, 0) is 12.3 Å². The van der Waals surface area contributed by atoms with Gasteiger partial charge in [-0.2, -0.15) is 0 Å². The van der Waals surface area contributed by atoms with E-state index in [9.17, 15) is 4.79 Å². The molecule has 0 aromatic heterocycles. The molecule has 3 nitrogen and oxygen atoms in total.